The van der Waals surface area contributed by atoms with Crippen molar-refractivity contribution in [2.45, 2.75) is 6.42 Å². The van der Waals surface area contributed by atoms with Gasteiger partial charge in [0.15, 0.2) is 0 Å². The summed E-state index contributed by atoms with van der Waals surface area (Å²) >= 11 is 1.68. The number of phenolic OH excluding ortho intramolecular Hbond substituents is 1. The molecule has 0 radical (unpaired) electrons. The molecule has 0 saturated heterocycles. The molecule has 0 atom stereocenters. The Morgan fingerprint density at radius 1 is 1.15 bits per heavy atom. The molecule has 0 aliphatic carbocycles. The van der Waals surface area contributed by atoms with Crippen LogP contribution < -0.4 is 0 Å². The summed E-state index contributed by atoms with van der Waals surface area (Å²) in [6.07, 6.45) is 0.816. The molecule has 2 aromatic rings. The van der Waals surface area contributed by atoms with E-state index in [2.05, 4.69) is 16.8 Å². The zero-order valence-corrected chi connectivity index (χ0v) is 7.92. The Morgan fingerprint density at radius 3 is 2.69 bits per heavy atom. The van der Waals surface area contributed by atoms with Crippen molar-refractivity contribution in [2.75, 3.05) is 0 Å². The van der Waals surface area contributed by atoms with Gasteiger partial charge in [-0.15, -0.1) is 0 Å². The molecule has 1 aromatic carbocycles. The average molecular weight is 190 g/mol. The minimum atomic E-state index is 0.383. The van der Waals surface area contributed by atoms with Gasteiger partial charge in [-0.3, -0.25) is 0 Å². The summed E-state index contributed by atoms with van der Waals surface area (Å²) in [5, 5.41) is 13.7. The van der Waals surface area contributed by atoms with Gasteiger partial charge in [0.25, 0.3) is 0 Å². The summed E-state index contributed by atoms with van der Waals surface area (Å²) in [6.45, 7) is 0. The van der Waals surface area contributed by atoms with E-state index in [1.54, 1.807) is 17.4 Å². The number of aromatic hydroxyl groups is 1. The summed E-state index contributed by atoms with van der Waals surface area (Å²) in [7, 11) is 0. The van der Waals surface area contributed by atoms with Crippen LogP contribution in [0.15, 0.2) is 41.1 Å². The minimum absolute atomic E-state index is 0.383. The van der Waals surface area contributed by atoms with Crippen LogP contribution in [0, 0.1) is 0 Å². The monoisotopic (exact) mass is 190 g/mol. The Bertz CT molecular complexity index is 379. The van der Waals surface area contributed by atoms with Gasteiger partial charge in [0, 0.05) is 6.42 Å². The van der Waals surface area contributed by atoms with Crippen molar-refractivity contribution in [1.82, 2.24) is 0 Å². The van der Waals surface area contributed by atoms with E-state index in [-0.39, 0.29) is 0 Å². The molecule has 2 heteroatoms. The second-order valence-corrected chi connectivity index (χ2v) is 3.72. The smallest absolute Gasteiger partial charge is 0.119 e. The van der Waals surface area contributed by atoms with Crippen molar-refractivity contribution in [1.29, 1.82) is 0 Å². The van der Waals surface area contributed by atoms with Gasteiger partial charge in [0.2, 0.25) is 0 Å². The second-order valence-electron chi connectivity index (χ2n) is 2.94. The highest BCUT2D eigenvalue weighted by Crippen LogP contribution is 2.20. The third-order valence-corrected chi connectivity index (χ3v) is 2.70. The maximum atomic E-state index is 9.51. The van der Waals surface area contributed by atoms with Gasteiger partial charge >= 0.3 is 0 Å². The average Bonchev–Trinajstić information content (AvgIpc) is 2.61. The number of hydrogen-bond donors (Lipinski definition) is 1. The third kappa shape index (κ3) is 1.90. The summed E-state index contributed by atoms with van der Waals surface area (Å²) in [5.74, 6) is 0.383. The van der Waals surface area contributed by atoms with Crippen molar-refractivity contribution in [3.8, 4) is 5.75 Å². The number of benzene rings is 1. The SMILES string of the molecule is Oc1ccccc1Cc1ccsc1. The van der Waals surface area contributed by atoms with Crippen LogP contribution in [0.1, 0.15) is 11.1 Å². The Kier molecular flexibility index (Phi) is 2.32. The fourth-order valence-electron chi connectivity index (χ4n) is 1.27. The predicted molar refractivity (Wildman–Crippen MR) is 55.2 cm³/mol. The molecule has 1 heterocycles. The fraction of sp³-hybridized carbons (Fsp3) is 0.0909. The molecule has 0 amide bonds. The Balaban J connectivity index is 2.24. The lowest BCUT2D eigenvalue weighted by atomic mass is 10.1. The van der Waals surface area contributed by atoms with E-state index in [1.165, 1.54) is 5.56 Å². The van der Waals surface area contributed by atoms with Crippen LogP contribution >= 0.6 is 11.3 Å². The van der Waals surface area contributed by atoms with E-state index in [9.17, 15) is 5.11 Å². The molecule has 0 bridgehead atoms. The van der Waals surface area contributed by atoms with Crippen LogP contribution in [0.5, 0.6) is 5.75 Å². The Hall–Kier alpha value is -1.28. The van der Waals surface area contributed by atoms with Crippen molar-refractivity contribution in [2.24, 2.45) is 0 Å². The highest BCUT2D eigenvalue weighted by atomic mass is 32.1. The van der Waals surface area contributed by atoms with E-state index in [4.69, 9.17) is 0 Å². The van der Waals surface area contributed by atoms with E-state index < -0.39 is 0 Å². The largest absolute Gasteiger partial charge is 0.508 e. The maximum Gasteiger partial charge on any atom is 0.119 e. The van der Waals surface area contributed by atoms with Gasteiger partial charge in [0.1, 0.15) is 5.75 Å². The maximum absolute atomic E-state index is 9.51. The van der Waals surface area contributed by atoms with Gasteiger partial charge < -0.3 is 5.11 Å². The van der Waals surface area contributed by atoms with Crippen LogP contribution in [0.25, 0.3) is 0 Å². The van der Waals surface area contributed by atoms with Crippen molar-refractivity contribution < 1.29 is 5.11 Å². The molecule has 0 aliphatic rings. The minimum Gasteiger partial charge on any atom is -0.508 e. The molecule has 2 rings (SSSR count). The zero-order valence-electron chi connectivity index (χ0n) is 7.10. The first-order valence-electron chi connectivity index (χ1n) is 4.14. The molecule has 1 aromatic heterocycles. The van der Waals surface area contributed by atoms with Gasteiger partial charge in [-0.1, -0.05) is 18.2 Å². The van der Waals surface area contributed by atoms with E-state index in [0.29, 0.717) is 5.75 Å². The molecule has 1 N–H and O–H groups in total. The van der Waals surface area contributed by atoms with Crippen LogP contribution in [0.4, 0.5) is 0 Å². The number of phenols is 1. The lowest BCUT2D eigenvalue weighted by Crippen LogP contribution is -1.85. The topological polar surface area (TPSA) is 20.2 Å². The van der Waals surface area contributed by atoms with Crippen LogP contribution in [-0.2, 0) is 6.42 Å². The van der Waals surface area contributed by atoms with Gasteiger partial charge in [0.05, 0.1) is 0 Å². The third-order valence-electron chi connectivity index (χ3n) is 1.97. The zero-order chi connectivity index (χ0) is 9.10. The van der Waals surface area contributed by atoms with E-state index in [1.807, 2.05) is 18.2 Å². The van der Waals surface area contributed by atoms with Gasteiger partial charge in [-0.2, -0.15) is 11.3 Å². The first-order valence-corrected chi connectivity index (χ1v) is 5.08. The Labute approximate surface area is 81.3 Å². The number of rotatable bonds is 2. The summed E-state index contributed by atoms with van der Waals surface area (Å²) < 4.78 is 0. The fourth-order valence-corrected chi connectivity index (χ4v) is 1.94. The summed E-state index contributed by atoms with van der Waals surface area (Å²) in [4.78, 5) is 0. The number of thiophene rings is 1. The van der Waals surface area contributed by atoms with Gasteiger partial charge in [-0.25, -0.2) is 0 Å². The molecule has 0 aliphatic heterocycles. The molecule has 13 heavy (non-hydrogen) atoms. The molecular formula is C11H10OS. The second kappa shape index (κ2) is 3.62. The highest BCUT2D eigenvalue weighted by Gasteiger charge is 2.00. The molecule has 0 saturated carbocycles. The van der Waals surface area contributed by atoms with Crippen molar-refractivity contribution in [3.05, 3.63) is 52.2 Å². The van der Waals surface area contributed by atoms with Crippen LogP contribution in [0.3, 0.4) is 0 Å². The van der Waals surface area contributed by atoms with Crippen LogP contribution in [-0.4, -0.2) is 5.11 Å². The first-order chi connectivity index (χ1) is 6.36. The standard InChI is InChI=1S/C11H10OS/c12-11-4-2-1-3-10(11)7-9-5-6-13-8-9/h1-6,8,12H,7H2. The number of hydrogen-bond acceptors (Lipinski definition) is 2. The van der Waals surface area contributed by atoms with Crippen LogP contribution in [0.2, 0.25) is 0 Å². The van der Waals surface area contributed by atoms with Gasteiger partial charge in [-0.05, 0) is 34.0 Å². The normalized spacial score (nSPS) is 10.2. The Morgan fingerprint density at radius 2 is 2.00 bits per heavy atom. The predicted octanol–water partition coefficient (Wildman–Crippen LogP) is 3.04. The molecule has 0 fully saturated rings. The van der Waals surface area contributed by atoms with Crippen molar-refractivity contribution >= 4 is 11.3 Å². The lowest BCUT2D eigenvalue weighted by Gasteiger charge is -2.01. The summed E-state index contributed by atoms with van der Waals surface area (Å²) in [6, 6.07) is 9.54. The lowest BCUT2D eigenvalue weighted by molar-refractivity contribution is 0.469. The molecule has 66 valence electrons. The quantitative estimate of drug-likeness (QED) is 0.771. The van der Waals surface area contributed by atoms with E-state index in [0.717, 1.165) is 12.0 Å². The molecule has 0 unspecified atom stereocenters. The van der Waals surface area contributed by atoms with Crippen molar-refractivity contribution in [3.63, 3.8) is 0 Å². The first kappa shape index (κ1) is 8.32. The summed E-state index contributed by atoms with van der Waals surface area (Å²) in [5.41, 5.74) is 2.24. The van der Waals surface area contributed by atoms with E-state index >= 15 is 0 Å². The number of para-hydroxylation sites is 1. The highest BCUT2D eigenvalue weighted by molar-refractivity contribution is 7.07. The molecule has 1 nitrogen and oxygen atoms in total. The molecule has 0 spiro atoms. The molecular weight excluding hydrogens is 180 g/mol.